The molecular formula is C20H24O4. The van der Waals surface area contributed by atoms with Crippen molar-refractivity contribution in [3.8, 4) is 0 Å². The second kappa shape index (κ2) is 10.7. The minimum absolute atomic E-state index is 0.136. The number of carbonyl (C=O) groups excluding carboxylic acids is 1. The third kappa shape index (κ3) is 6.62. The molecule has 0 saturated heterocycles. The van der Waals surface area contributed by atoms with Gasteiger partial charge in [-0.15, -0.1) is 0 Å². The quantitative estimate of drug-likeness (QED) is 0.509. The number of aldehydes is 1. The highest BCUT2D eigenvalue weighted by molar-refractivity contribution is 5.54. The van der Waals surface area contributed by atoms with Crippen LogP contribution in [-0.4, -0.2) is 30.7 Å². The van der Waals surface area contributed by atoms with Crippen molar-refractivity contribution in [1.29, 1.82) is 0 Å². The van der Waals surface area contributed by atoms with Crippen LogP contribution in [0.5, 0.6) is 0 Å². The van der Waals surface area contributed by atoms with Gasteiger partial charge in [0.05, 0.1) is 25.9 Å². The van der Waals surface area contributed by atoms with E-state index in [0.29, 0.717) is 26.2 Å². The van der Waals surface area contributed by atoms with E-state index in [1.165, 1.54) is 0 Å². The summed E-state index contributed by atoms with van der Waals surface area (Å²) in [6.07, 6.45) is 0.445. The van der Waals surface area contributed by atoms with Gasteiger partial charge < -0.3 is 19.4 Å². The van der Waals surface area contributed by atoms with Gasteiger partial charge in [-0.2, -0.15) is 0 Å². The third-order valence-corrected chi connectivity index (χ3v) is 3.78. The molecule has 24 heavy (non-hydrogen) atoms. The summed E-state index contributed by atoms with van der Waals surface area (Å²) >= 11 is 0. The first-order valence-electron chi connectivity index (χ1n) is 8.16. The zero-order chi connectivity index (χ0) is 17.0. The Kier molecular flexibility index (Phi) is 8.18. The van der Waals surface area contributed by atoms with E-state index in [0.717, 1.165) is 17.4 Å². The molecular weight excluding hydrogens is 304 g/mol. The van der Waals surface area contributed by atoms with E-state index in [1.807, 2.05) is 60.7 Å². The third-order valence-electron chi connectivity index (χ3n) is 3.78. The number of hydrogen-bond acceptors (Lipinski definition) is 4. The molecule has 0 spiro atoms. The first-order valence-corrected chi connectivity index (χ1v) is 8.16. The molecule has 0 aliphatic carbocycles. The highest BCUT2D eigenvalue weighted by Gasteiger charge is 2.18. The van der Waals surface area contributed by atoms with E-state index < -0.39 is 12.0 Å². The zero-order valence-electron chi connectivity index (χ0n) is 13.7. The highest BCUT2D eigenvalue weighted by atomic mass is 16.5. The summed E-state index contributed by atoms with van der Waals surface area (Å²) in [5.41, 5.74) is 2.13. The lowest BCUT2D eigenvalue weighted by Gasteiger charge is -2.18. The lowest BCUT2D eigenvalue weighted by molar-refractivity contribution is -0.117. The molecule has 0 aliphatic heterocycles. The van der Waals surface area contributed by atoms with E-state index in [4.69, 9.17) is 9.47 Å². The van der Waals surface area contributed by atoms with Gasteiger partial charge in [0.1, 0.15) is 6.29 Å². The van der Waals surface area contributed by atoms with Crippen LogP contribution in [0.4, 0.5) is 0 Å². The Balaban J connectivity index is 1.63. The van der Waals surface area contributed by atoms with E-state index in [9.17, 15) is 9.90 Å². The van der Waals surface area contributed by atoms with E-state index in [1.54, 1.807) is 0 Å². The summed E-state index contributed by atoms with van der Waals surface area (Å²) in [7, 11) is 0. The van der Waals surface area contributed by atoms with Gasteiger partial charge in [-0.1, -0.05) is 60.7 Å². The van der Waals surface area contributed by atoms with Crippen molar-refractivity contribution in [3.63, 3.8) is 0 Å². The number of aliphatic hydroxyl groups excluding tert-OH is 1. The molecule has 0 amide bonds. The molecule has 0 radical (unpaired) electrons. The summed E-state index contributed by atoms with van der Waals surface area (Å²) in [4.78, 5) is 11.2. The van der Waals surface area contributed by atoms with Crippen LogP contribution in [0.3, 0.4) is 0 Å². The van der Waals surface area contributed by atoms with E-state index in [2.05, 4.69) is 0 Å². The number of benzene rings is 2. The van der Waals surface area contributed by atoms with Crippen molar-refractivity contribution in [2.45, 2.75) is 25.7 Å². The zero-order valence-corrected chi connectivity index (χ0v) is 13.7. The predicted molar refractivity (Wildman–Crippen MR) is 92.4 cm³/mol. The van der Waals surface area contributed by atoms with E-state index >= 15 is 0 Å². The van der Waals surface area contributed by atoms with Crippen LogP contribution in [0.25, 0.3) is 0 Å². The summed E-state index contributed by atoms with van der Waals surface area (Å²) in [6, 6.07) is 19.6. The molecule has 2 aromatic rings. The molecule has 4 nitrogen and oxygen atoms in total. The summed E-state index contributed by atoms with van der Waals surface area (Å²) in [6.45, 7) is 1.49. The number of carbonyl (C=O) groups is 1. The Hall–Kier alpha value is -2.01. The molecule has 1 N–H and O–H groups in total. The van der Waals surface area contributed by atoms with Crippen LogP contribution < -0.4 is 0 Å². The Labute approximate surface area is 143 Å². The maximum absolute atomic E-state index is 11.2. The first kappa shape index (κ1) is 18.3. The monoisotopic (exact) mass is 328 g/mol. The molecule has 2 rings (SSSR count). The molecule has 0 bridgehead atoms. The van der Waals surface area contributed by atoms with Crippen molar-refractivity contribution < 1.29 is 19.4 Å². The van der Waals surface area contributed by atoms with Crippen LogP contribution in [0.15, 0.2) is 60.7 Å². The molecule has 128 valence electrons. The molecule has 0 saturated carbocycles. The summed E-state index contributed by atoms with van der Waals surface area (Å²) in [5, 5.41) is 10.1. The van der Waals surface area contributed by atoms with Crippen molar-refractivity contribution in [2.24, 2.45) is 5.92 Å². The fraction of sp³-hybridized carbons (Fsp3) is 0.350. The average molecular weight is 328 g/mol. The average Bonchev–Trinajstić information content (AvgIpc) is 2.63. The van der Waals surface area contributed by atoms with E-state index in [-0.39, 0.29) is 6.61 Å². The molecule has 2 unspecified atom stereocenters. The van der Waals surface area contributed by atoms with Gasteiger partial charge in [0.2, 0.25) is 0 Å². The van der Waals surface area contributed by atoms with Crippen LogP contribution in [0, 0.1) is 5.92 Å². The van der Waals surface area contributed by atoms with Gasteiger partial charge in [-0.25, -0.2) is 0 Å². The maximum atomic E-state index is 11.2. The minimum atomic E-state index is -0.813. The molecule has 0 aromatic heterocycles. The van der Waals surface area contributed by atoms with Crippen LogP contribution in [-0.2, 0) is 27.5 Å². The number of ether oxygens (including phenoxy) is 2. The van der Waals surface area contributed by atoms with Crippen molar-refractivity contribution >= 4 is 6.29 Å². The lowest BCUT2D eigenvalue weighted by Crippen LogP contribution is -2.28. The maximum Gasteiger partial charge on any atom is 0.125 e. The van der Waals surface area contributed by atoms with Crippen molar-refractivity contribution in [1.82, 2.24) is 0 Å². The van der Waals surface area contributed by atoms with Crippen LogP contribution in [0.1, 0.15) is 17.5 Å². The van der Waals surface area contributed by atoms with Gasteiger partial charge in [-0.3, -0.25) is 0 Å². The summed E-state index contributed by atoms with van der Waals surface area (Å²) in [5.74, 6) is -0.475. The Morgan fingerprint density at radius 3 is 1.96 bits per heavy atom. The fourth-order valence-electron chi connectivity index (χ4n) is 2.33. The second-order valence-electron chi connectivity index (χ2n) is 5.69. The van der Waals surface area contributed by atoms with Crippen molar-refractivity contribution in [3.05, 3.63) is 71.8 Å². The fourth-order valence-corrected chi connectivity index (χ4v) is 2.33. The molecule has 0 fully saturated rings. The Morgan fingerprint density at radius 1 is 0.875 bits per heavy atom. The molecule has 0 aliphatic rings. The van der Waals surface area contributed by atoms with Gasteiger partial charge in [-0.05, 0) is 17.5 Å². The topological polar surface area (TPSA) is 55.8 Å². The minimum Gasteiger partial charge on any atom is -0.390 e. The van der Waals surface area contributed by atoms with Crippen LogP contribution >= 0.6 is 0 Å². The lowest BCUT2D eigenvalue weighted by atomic mass is 10.0. The normalized spacial score (nSPS) is 13.4. The Bertz CT molecular complexity index is 571. The second-order valence-corrected chi connectivity index (χ2v) is 5.69. The Morgan fingerprint density at radius 2 is 1.42 bits per heavy atom. The van der Waals surface area contributed by atoms with Crippen molar-refractivity contribution in [2.75, 3.05) is 13.2 Å². The van der Waals surface area contributed by atoms with Gasteiger partial charge in [0.15, 0.2) is 0 Å². The number of aliphatic hydroxyl groups is 1. The number of rotatable bonds is 11. The number of hydrogen-bond donors (Lipinski definition) is 1. The molecule has 2 atom stereocenters. The highest BCUT2D eigenvalue weighted by Crippen LogP contribution is 2.10. The predicted octanol–water partition coefficient (Wildman–Crippen LogP) is 2.99. The van der Waals surface area contributed by atoms with Gasteiger partial charge in [0, 0.05) is 12.5 Å². The summed E-state index contributed by atoms with van der Waals surface area (Å²) < 4.78 is 11.1. The van der Waals surface area contributed by atoms with Gasteiger partial charge in [0.25, 0.3) is 0 Å². The SMILES string of the molecule is O=CC(CCOCc1ccccc1)C(O)COCc1ccccc1. The largest absolute Gasteiger partial charge is 0.390 e. The molecule has 4 heteroatoms. The standard InChI is InChI=1S/C20H24O4/c21-13-19(11-12-23-14-17-7-3-1-4-8-17)20(22)16-24-15-18-9-5-2-6-10-18/h1-10,13,19-20,22H,11-12,14-16H2. The van der Waals surface area contributed by atoms with Gasteiger partial charge >= 0.3 is 0 Å². The molecule has 2 aromatic carbocycles. The first-order chi connectivity index (χ1) is 11.8. The van der Waals surface area contributed by atoms with Crippen LogP contribution in [0.2, 0.25) is 0 Å². The molecule has 0 heterocycles. The smallest absolute Gasteiger partial charge is 0.125 e.